The first kappa shape index (κ1) is 21.4. The van der Waals surface area contributed by atoms with Gasteiger partial charge in [-0.05, 0) is 49.4 Å². The van der Waals surface area contributed by atoms with Crippen LogP contribution in [0.5, 0.6) is 5.75 Å². The van der Waals surface area contributed by atoms with Gasteiger partial charge >= 0.3 is 0 Å². The van der Waals surface area contributed by atoms with Crippen LogP contribution in [0.4, 0.5) is 0 Å². The fraction of sp³-hybridized carbons (Fsp3) is 0.682. The van der Waals surface area contributed by atoms with Gasteiger partial charge in [0.1, 0.15) is 5.75 Å². The Morgan fingerprint density at radius 1 is 1.00 bits per heavy atom. The van der Waals surface area contributed by atoms with E-state index in [0.717, 1.165) is 63.6 Å². The van der Waals surface area contributed by atoms with Gasteiger partial charge in [0.25, 0.3) is 5.91 Å². The van der Waals surface area contributed by atoms with Crippen molar-refractivity contribution in [2.45, 2.75) is 44.6 Å². The van der Waals surface area contributed by atoms with Crippen molar-refractivity contribution >= 4 is 18.3 Å². The number of carbonyl (C=O) groups is 1. The first-order chi connectivity index (χ1) is 13.3. The van der Waals surface area contributed by atoms with Gasteiger partial charge in [0.2, 0.25) is 0 Å². The molecule has 28 heavy (non-hydrogen) atoms. The molecule has 2 heterocycles. The molecular formula is C22H34ClN3O2. The Labute approximate surface area is 175 Å². The number of amides is 1. The monoisotopic (exact) mass is 407 g/mol. The number of hydrogen-bond donors (Lipinski definition) is 1. The summed E-state index contributed by atoms with van der Waals surface area (Å²) in [6.45, 7) is 6.86. The molecule has 0 aromatic heterocycles. The molecule has 5 nitrogen and oxygen atoms in total. The van der Waals surface area contributed by atoms with E-state index < -0.39 is 0 Å². The maximum Gasteiger partial charge on any atom is 0.253 e. The van der Waals surface area contributed by atoms with Gasteiger partial charge in [0, 0.05) is 50.9 Å². The van der Waals surface area contributed by atoms with Crippen LogP contribution in [0.1, 0.15) is 48.9 Å². The molecule has 0 bridgehead atoms. The van der Waals surface area contributed by atoms with E-state index in [4.69, 9.17) is 4.74 Å². The molecular weight excluding hydrogens is 374 g/mol. The fourth-order valence-electron chi connectivity index (χ4n) is 4.72. The number of rotatable bonds is 5. The molecule has 1 aromatic rings. The van der Waals surface area contributed by atoms with Gasteiger partial charge in [-0.2, -0.15) is 0 Å². The van der Waals surface area contributed by atoms with E-state index >= 15 is 0 Å². The lowest BCUT2D eigenvalue weighted by atomic mass is 9.90. The van der Waals surface area contributed by atoms with Crippen LogP contribution < -0.4 is 10.1 Å². The predicted molar refractivity (Wildman–Crippen MR) is 115 cm³/mol. The van der Waals surface area contributed by atoms with Gasteiger partial charge in [-0.25, -0.2) is 0 Å². The first-order valence-electron chi connectivity index (χ1n) is 10.8. The van der Waals surface area contributed by atoms with Crippen molar-refractivity contribution in [3.8, 4) is 5.75 Å². The summed E-state index contributed by atoms with van der Waals surface area (Å²) >= 11 is 0. The Kier molecular flexibility index (Phi) is 8.00. The third-order valence-electron chi connectivity index (χ3n) is 6.43. The Hall–Kier alpha value is -1.30. The second-order valence-electron chi connectivity index (χ2n) is 8.32. The average Bonchev–Trinajstić information content (AvgIpc) is 3.24. The molecule has 0 radical (unpaired) electrons. The molecule has 1 unspecified atom stereocenters. The van der Waals surface area contributed by atoms with Crippen LogP contribution in [-0.2, 0) is 0 Å². The molecule has 1 saturated carbocycles. The van der Waals surface area contributed by atoms with Gasteiger partial charge in [-0.1, -0.05) is 19.3 Å². The van der Waals surface area contributed by atoms with Crippen LogP contribution >= 0.6 is 12.4 Å². The summed E-state index contributed by atoms with van der Waals surface area (Å²) in [7, 11) is 0. The highest BCUT2D eigenvalue weighted by molar-refractivity contribution is 5.94. The fourth-order valence-corrected chi connectivity index (χ4v) is 4.72. The molecule has 2 saturated heterocycles. The van der Waals surface area contributed by atoms with Crippen LogP contribution in [-0.4, -0.2) is 67.6 Å². The topological polar surface area (TPSA) is 44.8 Å². The number of nitrogens with zero attached hydrogens (tertiary/aromatic N) is 2. The van der Waals surface area contributed by atoms with Crippen molar-refractivity contribution in [1.29, 1.82) is 0 Å². The van der Waals surface area contributed by atoms with Crippen LogP contribution in [0.15, 0.2) is 24.3 Å². The number of carbonyl (C=O) groups excluding carboxylic acids is 1. The highest BCUT2D eigenvalue weighted by atomic mass is 35.5. The third-order valence-corrected chi connectivity index (χ3v) is 6.43. The molecule has 1 aliphatic carbocycles. The maximum atomic E-state index is 12.8. The molecule has 2 aliphatic heterocycles. The van der Waals surface area contributed by atoms with Crippen molar-refractivity contribution in [3.63, 3.8) is 0 Å². The van der Waals surface area contributed by atoms with E-state index in [2.05, 4.69) is 10.2 Å². The summed E-state index contributed by atoms with van der Waals surface area (Å²) in [5.74, 6) is 1.75. The molecule has 1 N–H and O–H groups in total. The van der Waals surface area contributed by atoms with E-state index in [1.54, 1.807) is 0 Å². The summed E-state index contributed by atoms with van der Waals surface area (Å²) in [6, 6.07) is 8.29. The Morgan fingerprint density at radius 3 is 2.43 bits per heavy atom. The van der Waals surface area contributed by atoms with Gasteiger partial charge in [-0.15, -0.1) is 12.4 Å². The number of nitrogens with one attached hydrogen (secondary N) is 1. The lowest BCUT2D eigenvalue weighted by Gasteiger charge is -2.32. The Balaban J connectivity index is 0.00000225. The van der Waals surface area contributed by atoms with E-state index in [9.17, 15) is 4.79 Å². The Morgan fingerprint density at radius 2 is 1.71 bits per heavy atom. The van der Waals surface area contributed by atoms with E-state index in [0.29, 0.717) is 12.0 Å². The summed E-state index contributed by atoms with van der Waals surface area (Å²) in [6.07, 6.45) is 7.73. The molecule has 0 spiro atoms. The molecule has 3 fully saturated rings. The minimum absolute atomic E-state index is 0. The molecule has 6 heteroatoms. The minimum Gasteiger partial charge on any atom is -0.493 e. The van der Waals surface area contributed by atoms with Crippen LogP contribution in [0, 0.1) is 5.92 Å². The van der Waals surface area contributed by atoms with Crippen molar-refractivity contribution in [2.24, 2.45) is 5.92 Å². The van der Waals surface area contributed by atoms with Gasteiger partial charge in [0.05, 0.1) is 6.61 Å². The van der Waals surface area contributed by atoms with Gasteiger partial charge in [-0.3, -0.25) is 9.69 Å². The largest absolute Gasteiger partial charge is 0.493 e. The normalized spacial score (nSPS) is 24.0. The summed E-state index contributed by atoms with van der Waals surface area (Å²) < 4.78 is 5.96. The number of benzene rings is 1. The zero-order valence-corrected chi connectivity index (χ0v) is 17.6. The quantitative estimate of drug-likeness (QED) is 0.814. The minimum atomic E-state index is 0. The number of halogens is 1. The zero-order chi connectivity index (χ0) is 18.5. The van der Waals surface area contributed by atoms with E-state index in [1.807, 2.05) is 29.2 Å². The van der Waals surface area contributed by atoms with Gasteiger partial charge in [0.15, 0.2) is 0 Å². The third kappa shape index (κ3) is 5.40. The molecule has 4 rings (SSSR count). The number of piperazine rings is 1. The SMILES string of the molecule is Cl.O=C(c1ccc(OCC2CCCCC2)cc1)N1CCC(N2CCNCC2)C1. The van der Waals surface area contributed by atoms with Crippen molar-refractivity contribution in [2.75, 3.05) is 45.9 Å². The lowest BCUT2D eigenvalue weighted by molar-refractivity contribution is 0.0773. The number of hydrogen-bond acceptors (Lipinski definition) is 4. The number of ether oxygens (including phenoxy) is 1. The average molecular weight is 408 g/mol. The molecule has 1 amide bonds. The predicted octanol–water partition coefficient (Wildman–Crippen LogP) is 3.19. The van der Waals surface area contributed by atoms with E-state index in [1.165, 1.54) is 32.1 Å². The molecule has 3 aliphatic rings. The van der Waals surface area contributed by atoms with Crippen LogP contribution in [0.25, 0.3) is 0 Å². The van der Waals surface area contributed by atoms with Crippen LogP contribution in [0.3, 0.4) is 0 Å². The first-order valence-corrected chi connectivity index (χ1v) is 10.8. The molecule has 156 valence electrons. The van der Waals surface area contributed by atoms with E-state index in [-0.39, 0.29) is 18.3 Å². The lowest BCUT2D eigenvalue weighted by Crippen LogP contribution is -2.49. The summed E-state index contributed by atoms with van der Waals surface area (Å²) in [5.41, 5.74) is 0.779. The standard InChI is InChI=1S/C22H33N3O2.ClH/c26-22(25-13-10-20(16-25)24-14-11-23-12-15-24)19-6-8-21(9-7-19)27-17-18-4-2-1-3-5-18;/h6-9,18,20,23H,1-5,10-17H2;1H. The number of likely N-dealkylation sites (tertiary alicyclic amines) is 1. The summed E-state index contributed by atoms with van der Waals surface area (Å²) in [5, 5.41) is 3.40. The second-order valence-corrected chi connectivity index (χ2v) is 8.32. The highest BCUT2D eigenvalue weighted by Gasteiger charge is 2.31. The van der Waals surface area contributed by atoms with Crippen molar-refractivity contribution < 1.29 is 9.53 Å². The highest BCUT2D eigenvalue weighted by Crippen LogP contribution is 2.25. The van der Waals surface area contributed by atoms with Crippen LogP contribution in [0.2, 0.25) is 0 Å². The summed E-state index contributed by atoms with van der Waals surface area (Å²) in [4.78, 5) is 17.4. The zero-order valence-electron chi connectivity index (χ0n) is 16.8. The Bertz CT molecular complexity index is 613. The second kappa shape index (κ2) is 10.5. The van der Waals surface area contributed by atoms with Crippen molar-refractivity contribution in [1.82, 2.24) is 15.1 Å². The molecule has 1 aromatic carbocycles. The van der Waals surface area contributed by atoms with Crippen molar-refractivity contribution in [3.05, 3.63) is 29.8 Å². The van der Waals surface area contributed by atoms with Gasteiger partial charge < -0.3 is 15.0 Å². The maximum absolute atomic E-state index is 12.8. The smallest absolute Gasteiger partial charge is 0.253 e. The molecule has 1 atom stereocenters.